The molecule has 6 heteroatoms. The second-order valence-corrected chi connectivity index (χ2v) is 7.14. The van der Waals surface area contributed by atoms with Crippen molar-refractivity contribution in [3.63, 3.8) is 0 Å². The van der Waals surface area contributed by atoms with Crippen molar-refractivity contribution in [3.05, 3.63) is 48.0 Å². The monoisotopic (exact) mass is 368 g/mol. The van der Waals surface area contributed by atoms with E-state index in [0.29, 0.717) is 30.3 Å². The van der Waals surface area contributed by atoms with Gasteiger partial charge in [-0.2, -0.15) is 0 Å². The molecule has 0 atom stereocenters. The molecule has 1 aliphatic rings. The number of carbonyl (C=O) groups excluding carboxylic acids is 2. The number of rotatable bonds is 5. The van der Waals surface area contributed by atoms with Gasteiger partial charge in [-0.25, -0.2) is 0 Å². The lowest BCUT2D eigenvalue weighted by Crippen LogP contribution is -2.33. The summed E-state index contributed by atoms with van der Waals surface area (Å²) in [4.78, 5) is 24.6. The number of hydrogen-bond acceptors (Lipinski definition) is 4. The molecular formula is C21H24N2O4. The molecule has 6 nitrogen and oxygen atoms in total. The fourth-order valence-corrected chi connectivity index (χ4v) is 2.71. The number of carbonyl (C=O) groups is 2. The minimum atomic E-state index is -0.615. The van der Waals surface area contributed by atoms with Gasteiger partial charge in [0.25, 0.3) is 0 Å². The molecule has 0 radical (unpaired) electrons. The van der Waals surface area contributed by atoms with Crippen LogP contribution in [0.4, 0.5) is 11.4 Å². The summed E-state index contributed by atoms with van der Waals surface area (Å²) in [5, 5.41) is 5.72. The van der Waals surface area contributed by atoms with Crippen molar-refractivity contribution >= 4 is 23.2 Å². The zero-order valence-electron chi connectivity index (χ0n) is 15.8. The maximum Gasteiger partial charge on any atom is 0.233 e. The average molecular weight is 368 g/mol. The molecule has 0 aromatic heterocycles. The molecule has 0 saturated carbocycles. The van der Waals surface area contributed by atoms with Crippen LogP contribution in [0.1, 0.15) is 26.3 Å². The van der Waals surface area contributed by atoms with Gasteiger partial charge in [0, 0.05) is 5.69 Å². The Morgan fingerprint density at radius 2 is 1.96 bits per heavy atom. The SMILES string of the molecule is CCOc1ccc(CC(=O)Nc2ccc3c(c2)NC(=O)C(C)(C)CO3)cc1. The number of amides is 2. The van der Waals surface area contributed by atoms with Crippen LogP contribution >= 0.6 is 0 Å². The molecular weight excluding hydrogens is 344 g/mol. The van der Waals surface area contributed by atoms with E-state index in [0.717, 1.165) is 11.3 Å². The highest BCUT2D eigenvalue weighted by Gasteiger charge is 2.32. The normalized spacial score (nSPS) is 15.0. The van der Waals surface area contributed by atoms with Gasteiger partial charge in [-0.3, -0.25) is 9.59 Å². The lowest BCUT2D eigenvalue weighted by atomic mass is 9.94. The van der Waals surface area contributed by atoms with Gasteiger partial charge >= 0.3 is 0 Å². The molecule has 142 valence electrons. The highest BCUT2D eigenvalue weighted by atomic mass is 16.5. The van der Waals surface area contributed by atoms with Crippen molar-refractivity contribution in [2.45, 2.75) is 27.2 Å². The van der Waals surface area contributed by atoms with Gasteiger partial charge in [-0.15, -0.1) is 0 Å². The van der Waals surface area contributed by atoms with Crippen molar-refractivity contribution in [2.75, 3.05) is 23.8 Å². The van der Waals surface area contributed by atoms with Crippen LogP contribution in [0.3, 0.4) is 0 Å². The predicted molar refractivity (Wildman–Crippen MR) is 104 cm³/mol. The standard InChI is InChI=1S/C21H24N2O4/c1-4-26-16-8-5-14(6-9-16)11-19(24)22-15-7-10-18-17(12-15)23-20(25)21(2,3)13-27-18/h5-10,12H,4,11,13H2,1-3H3,(H,22,24)(H,23,25). The number of nitrogens with one attached hydrogen (secondary N) is 2. The Kier molecular flexibility index (Phi) is 5.35. The summed E-state index contributed by atoms with van der Waals surface area (Å²) in [6.07, 6.45) is 0.249. The Hall–Kier alpha value is -3.02. The number of hydrogen-bond donors (Lipinski definition) is 2. The molecule has 2 amide bonds. The van der Waals surface area contributed by atoms with Crippen molar-refractivity contribution in [1.29, 1.82) is 0 Å². The molecule has 0 bridgehead atoms. The first-order valence-corrected chi connectivity index (χ1v) is 8.97. The maximum absolute atomic E-state index is 12.3. The van der Waals surface area contributed by atoms with Gasteiger partial charge < -0.3 is 20.1 Å². The minimum absolute atomic E-state index is 0.112. The van der Waals surface area contributed by atoms with Crippen molar-refractivity contribution in [2.24, 2.45) is 5.41 Å². The largest absolute Gasteiger partial charge is 0.494 e. The van der Waals surface area contributed by atoms with Crippen LogP contribution in [0.5, 0.6) is 11.5 Å². The second-order valence-electron chi connectivity index (χ2n) is 7.14. The van der Waals surface area contributed by atoms with Gasteiger partial charge in [-0.05, 0) is 56.7 Å². The Labute approximate surface area is 158 Å². The van der Waals surface area contributed by atoms with Crippen LogP contribution in [0.15, 0.2) is 42.5 Å². The summed E-state index contributed by atoms with van der Waals surface area (Å²) < 4.78 is 11.1. The van der Waals surface area contributed by atoms with E-state index in [1.54, 1.807) is 18.2 Å². The molecule has 2 aromatic rings. The summed E-state index contributed by atoms with van der Waals surface area (Å²) in [6, 6.07) is 12.7. The summed E-state index contributed by atoms with van der Waals surface area (Å²) in [7, 11) is 0. The van der Waals surface area contributed by atoms with E-state index in [1.165, 1.54) is 0 Å². The zero-order chi connectivity index (χ0) is 19.4. The van der Waals surface area contributed by atoms with Gasteiger partial charge in [-0.1, -0.05) is 12.1 Å². The average Bonchev–Trinajstić information content (AvgIpc) is 2.73. The van der Waals surface area contributed by atoms with Crippen LogP contribution in [0, 0.1) is 5.41 Å². The third-order valence-electron chi connectivity index (χ3n) is 4.31. The van der Waals surface area contributed by atoms with Gasteiger partial charge in [0.1, 0.15) is 18.1 Å². The van der Waals surface area contributed by atoms with E-state index >= 15 is 0 Å². The van der Waals surface area contributed by atoms with E-state index in [1.807, 2.05) is 45.0 Å². The summed E-state index contributed by atoms with van der Waals surface area (Å²) in [5.41, 5.74) is 1.44. The quantitative estimate of drug-likeness (QED) is 0.845. The third-order valence-corrected chi connectivity index (χ3v) is 4.31. The molecule has 2 N–H and O–H groups in total. The van der Waals surface area contributed by atoms with Crippen molar-refractivity contribution < 1.29 is 19.1 Å². The molecule has 1 heterocycles. The number of anilines is 2. The highest BCUT2D eigenvalue weighted by Crippen LogP contribution is 2.34. The van der Waals surface area contributed by atoms with Crippen LogP contribution in [0.2, 0.25) is 0 Å². The Bertz CT molecular complexity index is 844. The first-order chi connectivity index (χ1) is 12.9. The summed E-state index contributed by atoms with van der Waals surface area (Å²) in [5.74, 6) is 1.13. The topological polar surface area (TPSA) is 76.7 Å². The molecule has 3 rings (SSSR count). The lowest BCUT2D eigenvalue weighted by Gasteiger charge is -2.18. The van der Waals surface area contributed by atoms with Crippen LogP contribution in [-0.2, 0) is 16.0 Å². The summed E-state index contributed by atoms with van der Waals surface area (Å²) >= 11 is 0. The molecule has 2 aromatic carbocycles. The van der Waals surface area contributed by atoms with Gasteiger partial charge in [0.2, 0.25) is 11.8 Å². The lowest BCUT2D eigenvalue weighted by molar-refractivity contribution is -0.125. The molecule has 27 heavy (non-hydrogen) atoms. The molecule has 0 aliphatic carbocycles. The number of fused-ring (bicyclic) bond motifs is 1. The smallest absolute Gasteiger partial charge is 0.233 e. The first kappa shape index (κ1) is 18.8. The molecule has 0 spiro atoms. The molecule has 1 aliphatic heterocycles. The van der Waals surface area contributed by atoms with E-state index in [2.05, 4.69) is 10.6 Å². The molecule has 0 fully saturated rings. The van der Waals surface area contributed by atoms with E-state index < -0.39 is 5.41 Å². The fourth-order valence-electron chi connectivity index (χ4n) is 2.71. The van der Waals surface area contributed by atoms with E-state index in [-0.39, 0.29) is 18.2 Å². The van der Waals surface area contributed by atoms with Crippen molar-refractivity contribution in [1.82, 2.24) is 0 Å². The van der Waals surface area contributed by atoms with Gasteiger partial charge in [0.05, 0.1) is 24.1 Å². The van der Waals surface area contributed by atoms with Crippen molar-refractivity contribution in [3.8, 4) is 11.5 Å². The van der Waals surface area contributed by atoms with Crippen LogP contribution in [0.25, 0.3) is 0 Å². The Balaban J connectivity index is 1.66. The van der Waals surface area contributed by atoms with Gasteiger partial charge in [0.15, 0.2) is 0 Å². The highest BCUT2D eigenvalue weighted by molar-refractivity contribution is 5.98. The number of benzene rings is 2. The Morgan fingerprint density at radius 1 is 1.22 bits per heavy atom. The fraction of sp³-hybridized carbons (Fsp3) is 0.333. The Morgan fingerprint density at radius 3 is 2.67 bits per heavy atom. The van der Waals surface area contributed by atoms with E-state index in [9.17, 15) is 9.59 Å². The molecule has 0 saturated heterocycles. The third kappa shape index (κ3) is 4.58. The van der Waals surface area contributed by atoms with E-state index in [4.69, 9.17) is 9.47 Å². The number of ether oxygens (including phenoxy) is 2. The first-order valence-electron chi connectivity index (χ1n) is 8.97. The summed E-state index contributed by atoms with van der Waals surface area (Å²) in [6.45, 7) is 6.49. The second kappa shape index (κ2) is 7.70. The van der Waals surface area contributed by atoms with Crippen LogP contribution < -0.4 is 20.1 Å². The predicted octanol–water partition coefficient (Wildman–Crippen LogP) is 3.62. The minimum Gasteiger partial charge on any atom is -0.494 e. The maximum atomic E-state index is 12.3. The van der Waals surface area contributed by atoms with Crippen LogP contribution in [-0.4, -0.2) is 25.0 Å². The molecule has 0 unspecified atom stereocenters. The zero-order valence-corrected chi connectivity index (χ0v) is 15.8.